The van der Waals surface area contributed by atoms with Crippen molar-refractivity contribution in [1.82, 2.24) is 4.90 Å². The highest BCUT2D eigenvalue weighted by atomic mass is 16.1. The van der Waals surface area contributed by atoms with Crippen LogP contribution in [0.4, 0.5) is 0 Å². The minimum atomic E-state index is 0.0643. The average Bonchev–Trinajstić information content (AvgIpc) is 2.82. The van der Waals surface area contributed by atoms with Crippen molar-refractivity contribution in [2.75, 3.05) is 14.1 Å². The number of carbonyl (C=O) groups excluding carboxylic acids is 1. The molecule has 7 unspecified atom stereocenters. The number of fused-ring (bicyclic) bond motifs is 5. The molecule has 4 aliphatic carbocycles. The van der Waals surface area contributed by atoms with E-state index in [2.05, 4.69) is 25.9 Å². The van der Waals surface area contributed by atoms with E-state index in [1.54, 1.807) is 0 Å². The fourth-order valence-electron chi connectivity index (χ4n) is 7.07. The summed E-state index contributed by atoms with van der Waals surface area (Å²) in [5, 5.41) is 0. The van der Waals surface area contributed by atoms with Gasteiger partial charge in [-0.15, -0.1) is 0 Å². The molecule has 0 aromatic heterocycles. The van der Waals surface area contributed by atoms with E-state index in [1.807, 2.05) is 0 Å². The maximum absolute atomic E-state index is 12.4. The van der Waals surface area contributed by atoms with Crippen molar-refractivity contribution in [3.63, 3.8) is 0 Å². The van der Waals surface area contributed by atoms with Gasteiger partial charge in [0.1, 0.15) is 5.78 Å². The number of hydrogen-bond donors (Lipinski definition) is 0. The van der Waals surface area contributed by atoms with Crippen LogP contribution in [0.25, 0.3) is 0 Å². The number of ketones is 1. The largest absolute Gasteiger partial charge is 0.306 e. The fourth-order valence-corrected chi connectivity index (χ4v) is 7.07. The van der Waals surface area contributed by atoms with Crippen LogP contribution in [0.2, 0.25) is 0 Å². The maximum Gasteiger partial charge on any atom is 0.139 e. The summed E-state index contributed by atoms with van der Waals surface area (Å²) in [6, 6.07) is 0.819. The van der Waals surface area contributed by atoms with Gasteiger partial charge in [0.15, 0.2) is 0 Å². The minimum absolute atomic E-state index is 0.0643. The summed E-state index contributed by atoms with van der Waals surface area (Å²) in [5.74, 6) is 5.10. The van der Waals surface area contributed by atoms with Gasteiger partial charge in [0, 0.05) is 17.9 Å². The first kappa shape index (κ1) is 15.2. The number of carbonyl (C=O) groups is 1. The normalized spacial score (nSPS) is 51.4. The molecule has 4 aliphatic rings. The van der Waals surface area contributed by atoms with Crippen LogP contribution in [0.5, 0.6) is 0 Å². The summed E-state index contributed by atoms with van der Waals surface area (Å²) in [5.41, 5.74) is 0.0643. The van der Waals surface area contributed by atoms with E-state index < -0.39 is 0 Å². The molecule has 7 atom stereocenters. The Balaban J connectivity index is 1.52. The van der Waals surface area contributed by atoms with E-state index in [4.69, 9.17) is 0 Å². The van der Waals surface area contributed by atoms with Crippen LogP contribution < -0.4 is 0 Å². The summed E-state index contributed by atoms with van der Waals surface area (Å²) >= 11 is 0. The predicted molar refractivity (Wildman–Crippen MR) is 89.6 cm³/mol. The summed E-state index contributed by atoms with van der Waals surface area (Å²) in [7, 11) is 4.51. The van der Waals surface area contributed by atoms with Gasteiger partial charge in [-0.2, -0.15) is 0 Å². The van der Waals surface area contributed by atoms with Gasteiger partial charge < -0.3 is 4.90 Å². The Labute approximate surface area is 136 Å². The van der Waals surface area contributed by atoms with Crippen LogP contribution in [0.15, 0.2) is 0 Å². The lowest BCUT2D eigenvalue weighted by atomic mass is 9.50. The van der Waals surface area contributed by atoms with Gasteiger partial charge in [-0.1, -0.05) is 6.92 Å². The molecule has 0 heterocycles. The molecule has 2 heteroatoms. The number of rotatable bonds is 1. The smallest absolute Gasteiger partial charge is 0.139 e. The first-order valence-corrected chi connectivity index (χ1v) is 9.70. The molecule has 0 bridgehead atoms. The molecule has 124 valence electrons. The van der Waals surface area contributed by atoms with E-state index in [0.29, 0.717) is 5.78 Å². The first-order valence-electron chi connectivity index (χ1n) is 9.70. The summed E-state index contributed by atoms with van der Waals surface area (Å²) in [6.07, 6.45) is 11.8. The van der Waals surface area contributed by atoms with Gasteiger partial charge in [-0.3, -0.25) is 4.79 Å². The quantitative estimate of drug-likeness (QED) is 0.725. The molecule has 2 nitrogen and oxygen atoms in total. The molecule has 0 saturated heterocycles. The van der Waals surface area contributed by atoms with E-state index in [-0.39, 0.29) is 5.41 Å². The van der Waals surface area contributed by atoms with Gasteiger partial charge >= 0.3 is 0 Å². The molecule has 4 fully saturated rings. The highest BCUT2D eigenvalue weighted by Crippen LogP contribution is 2.61. The second-order valence-electron chi connectivity index (χ2n) is 9.28. The van der Waals surface area contributed by atoms with Crippen molar-refractivity contribution < 1.29 is 4.79 Å². The summed E-state index contributed by atoms with van der Waals surface area (Å²) in [6.45, 7) is 2.30. The van der Waals surface area contributed by atoms with E-state index in [0.717, 1.165) is 42.1 Å². The second-order valence-corrected chi connectivity index (χ2v) is 9.28. The van der Waals surface area contributed by atoms with Crippen LogP contribution in [0.3, 0.4) is 0 Å². The minimum Gasteiger partial charge on any atom is -0.306 e. The van der Waals surface area contributed by atoms with Crippen molar-refractivity contribution in [3.8, 4) is 0 Å². The highest BCUT2D eigenvalue weighted by molar-refractivity contribution is 5.87. The predicted octanol–water partition coefficient (Wildman–Crippen LogP) is 4.14. The number of nitrogens with zero attached hydrogens (tertiary/aromatic N) is 1. The SMILES string of the molecule is CN(C)C1CCC2C(CCC3C2CCC2(C)C(=O)CCC32)C1. The Bertz CT molecular complexity index is 459. The third kappa shape index (κ3) is 2.12. The van der Waals surface area contributed by atoms with Gasteiger partial charge in [-0.05, 0) is 95.1 Å². The summed E-state index contributed by atoms with van der Waals surface area (Å²) < 4.78 is 0. The van der Waals surface area contributed by atoms with Crippen LogP contribution >= 0.6 is 0 Å². The van der Waals surface area contributed by atoms with Crippen molar-refractivity contribution in [2.45, 2.75) is 70.8 Å². The molecule has 22 heavy (non-hydrogen) atoms. The molecular weight excluding hydrogens is 270 g/mol. The highest BCUT2D eigenvalue weighted by Gasteiger charge is 2.56. The van der Waals surface area contributed by atoms with Crippen molar-refractivity contribution in [1.29, 1.82) is 0 Å². The molecular formula is C20H33NO. The second kappa shape index (κ2) is 5.33. The Morgan fingerprint density at radius 2 is 1.73 bits per heavy atom. The Morgan fingerprint density at radius 3 is 2.50 bits per heavy atom. The zero-order valence-corrected chi connectivity index (χ0v) is 14.7. The molecule has 0 aromatic rings. The monoisotopic (exact) mass is 303 g/mol. The number of Topliss-reactive ketones (excluding diaryl/α,β-unsaturated/α-hetero) is 1. The van der Waals surface area contributed by atoms with Crippen LogP contribution in [-0.2, 0) is 4.79 Å². The molecule has 4 saturated carbocycles. The van der Waals surface area contributed by atoms with E-state index in [9.17, 15) is 4.79 Å². The summed E-state index contributed by atoms with van der Waals surface area (Å²) in [4.78, 5) is 14.9. The third-order valence-corrected chi connectivity index (χ3v) is 8.37. The zero-order valence-electron chi connectivity index (χ0n) is 14.7. The van der Waals surface area contributed by atoms with Crippen molar-refractivity contribution in [3.05, 3.63) is 0 Å². The maximum atomic E-state index is 12.4. The van der Waals surface area contributed by atoms with E-state index in [1.165, 1.54) is 51.4 Å². The molecule has 0 spiro atoms. The fraction of sp³-hybridized carbons (Fsp3) is 0.950. The molecule has 4 rings (SSSR count). The van der Waals surface area contributed by atoms with Crippen LogP contribution in [0.1, 0.15) is 64.7 Å². The topological polar surface area (TPSA) is 20.3 Å². The van der Waals surface area contributed by atoms with E-state index >= 15 is 0 Å². The average molecular weight is 303 g/mol. The van der Waals surface area contributed by atoms with Gasteiger partial charge in [-0.25, -0.2) is 0 Å². The lowest BCUT2D eigenvalue weighted by Crippen LogP contribution is -2.50. The first-order chi connectivity index (χ1) is 10.5. The Hall–Kier alpha value is -0.370. The Morgan fingerprint density at radius 1 is 0.955 bits per heavy atom. The standard InChI is InChI=1S/C20H33NO/c1-20-11-10-16-15-7-5-14(21(2)3)12-13(15)4-6-17(16)18(20)8-9-19(20)22/h13-18H,4-12H2,1-3H3. The molecule has 0 N–H and O–H groups in total. The van der Waals surface area contributed by atoms with Crippen molar-refractivity contribution in [2.24, 2.45) is 35.0 Å². The number of hydrogen-bond acceptors (Lipinski definition) is 2. The van der Waals surface area contributed by atoms with Crippen LogP contribution in [0, 0.1) is 35.0 Å². The van der Waals surface area contributed by atoms with Crippen molar-refractivity contribution >= 4 is 5.78 Å². The Kier molecular flexibility index (Phi) is 3.67. The van der Waals surface area contributed by atoms with Gasteiger partial charge in [0.2, 0.25) is 0 Å². The molecule has 0 amide bonds. The van der Waals surface area contributed by atoms with Crippen LogP contribution in [-0.4, -0.2) is 30.8 Å². The molecule has 0 aliphatic heterocycles. The van der Waals surface area contributed by atoms with Gasteiger partial charge in [0.25, 0.3) is 0 Å². The molecule has 0 aromatic carbocycles. The third-order valence-electron chi connectivity index (χ3n) is 8.37. The van der Waals surface area contributed by atoms with Gasteiger partial charge in [0.05, 0.1) is 0 Å². The lowest BCUT2D eigenvalue weighted by Gasteiger charge is -2.55. The molecule has 0 radical (unpaired) electrons. The lowest BCUT2D eigenvalue weighted by molar-refractivity contribution is -0.133. The zero-order chi connectivity index (χ0) is 15.5.